The van der Waals surface area contributed by atoms with Crippen molar-refractivity contribution in [2.75, 3.05) is 0 Å². The van der Waals surface area contributed by atoms with E-state index < -0.39 is 22.8 Å². The van der Waals surface area contributed by atoms with Crippen molar-refractivity contribution >= 4 is 11.9 Å². The van der Waals surface area contributed by atoms with E-state index in [-0.39, 0.29) is 11.3 Å². The molecule has 2 N–H and O–H groups in total. The van der Waals surface area contributed by atoms with Crippen LogP contribution < -0.4 is 0 Å². The monoisotopic (exact) mass is 256 g/mol. The molecule has 3 atom stereocenters. The topological polar surface area (TPSA) is 74.6 Å². The van der Waals surface area contributed by atoms with Crippen molar-refractivity contribution in [2.45, 2.75) is 53.9 Å². The second-order valence-corrected chi connectivity index (χ2v) is 7.00. The Hall–Kier alpha value is -1.06. The molecular formula is C14H24O4. The second kappa shape index (κ2) is 4.25. The number of aliphatic carboxylic acids is 2. The first kappa shape index (κ1) is 15.0. The Labute approximate surface area is 108 Å². The van der Waals surface area contributed by atoms with Crippen molar-refractivity contribution in [3.8, 4) is 0 Å². The van der Waals surface area contributed by atoms with E-state index in [4.69, 9.17) is 0 Å². The van der Waals surface area contributed by atoms with Gasteiger partial charge < -0.3 is 10.2 Å². The van der Waals surface area contributed by atoms with Crippen molar-refractivity contribution in [2.24, 2.45) is 22.2 Å². The van der Waals surface area contributed by atoms with Gasteiger partial charge in [-0.3, -0.25) is 9.59 Å². The minimum Gasteiger partial charge on any atom is -0.481 e. The van der Waals surface area contributed by atoms with E-state index in [0.717, 1.165) is 0 Å². The third-order valence-electron chi connectivity index (χ3n) is 4.91. The van der Waals surface area contributed by atoms with Gasteiger partial charge >= 0.3 is 11.9 Å². The summed E-state index contributed by atoms with van der Waals surface area (Å²) in [6, 6.07) is 0. The molecule has 4 heteroatoms. The molecule has 0 heterocycles. The van der Waals surface area contributed by atoms with E-state index in [1.165, 1.54) is 0 Å². The molecule has 104 valence electrons. The van der Waals surface area contributed by atoms with Gasteiger partial charge in [0, 0.05) is 0 Å². The van der Waals surface area contributed by atoms with Gasteiger partial charge in [0.1, 0.15) is 0 Å². The normalized spacial score (nSPS) is 37.3. The van der Waals surface area contributed by atoms with Crippen LogP contribution in [0.2, 0.25) is 0 Å². The average molecular weight is 256 g/mol. The third kappa shape index (κ3) is 2.02. The Bertz CT molecular complexity index is 368. The summed E-state index contributed by atoms with van der Waals surface area (Å²) < 4.78 is 0. The van der Waals surface area contributed by atoms with Gasteiger partial charge in [0.15, 0.2) is 0 Å². The third-order valence-corrected chi connectivity index (χ3v) is 4.91. The smallest absolute Gasteiger partial charge is 0.310 e. The summed E-state index contributed by atoms with van der Waals surface area (Å²) in [5.74, 6) is -1.76. The Morgan fingerprint density at radius 1 is 1.11 bits per heavy atom. The number of hydrogen-bond acceptors (Lipinski definition) is 2. The molecule has 1 aliphatic carbocycles. The van der Waals surface area contributed by atoms with Crippen LogP contribution in [0.15, 0.2) is 0 Å². The number of rotatable bonds is 2. The first-order valence-corrected chi connectivity index (χ1v) is 6.44. The van der Waals surface area contributed by atoms with Gasteiger partial charge in [-0.25, -0.2) is 0 Å². The van der Waals surface area contributed by atoms with E-state index in [1.807, 2.05) is 27.7 Å². The highest BCUT2D eigenvalue weighted by atomic mass is 16.4. The Balaban J connectivity index is 3.15. The van der Waals surface area contributed by atoms with Gasteiger partial charge in [-0.05, 0) is 37.5 Å². The summed E-state index contributed by atoms with van der Waals surface area (Å²) in [6.45, 7) is 9.39. The Morgan fingerprint density at radius 2 is 1.61 bits per heavy atom. The highest BCUT2D eigenvalue weighted by Crippen LogP contribution is 2.57. The molecule has 1 saturated carbocycles. The molecule has 1 aliphatic rings. The minimum atomic E-state index is -0.831. The predicted molar refractivity (Wildman–Crippen MR) is 68.3 cm³/mol. The van der Waals surface area contributed by atoms with Gasteiger partial charge in [-0.15, -0.1) is 0 Å². The van der Waals surface area contributed by atoms with Crippen molar-refractivity contribution in [1.29, 1.82) is 0 Å². The molecule has 4 nitrogen and oxygen atoms in total. The maximum atomic E-state index is 11.8. The molecule has 0 spiro atoms. The number of carboxylic acids is 2. The molecule has 0 saturated heterocycles. The molecule has 0 aromatic carbocycles. The van der Waals surface area contributed by atoms with Crippen molar-refractivity contribution in [3.05, 3.63) is 0 Å². The fourth-order valence-corrected chi connectivity index (χ4v) is 3.62. The summed E-state index contributed by atoms with van der Waals surface area (Å²) in [6.07, 6.45) is 1.28. The second-order valence-electron chi connectivity index (χ2n) is 7.00. The molecule has 1 rings (SSSR count). The first-order chi connectivity index (χ1) is 7.97. The maximum Gasteiger partial charge on any atom is 0.310 e. The lowest BCUT2D eigenvalue weighted by molar-refractivity contribution is -0.175. The molecule has 1 fully saturated rings. The van der Waals surface area contributed by atoms with E-state index >= 15 is 0 Å². The summed E-state index contributed by atoms with van der Waals surface area (Å²) >= 11 is 0. The summed E-state index contributed by atoms with van der Waals surface area (Å²) in [7, 11) is 0. The molecule has 0 aliphatic heterocycles. The zero-order chi connectivity index (χ0) is 14.4. The van der Waals surface area contributed by atoms with Crippen LogP contribution in [0.25, 0.3) is 0 Å². The summed E-state index contributed by atoms with van der Waals surface area (Å²) in [4.78, 5) is 23.1. The molecule has 0 aromatic rings. The van der Waals surface area contributed by atoms with Crippen LogP contribution in [0, 0.1) is 22.2 Å². The van der Waals surface area contributed by atoms with Crippen molar-refractivity contribution in [1.82, 2.24) is 0 Å². The van der Waals surface area contributed by atoms with Crippen LogP contribution in [0.3, 0.4) is 0 Å². The molecule has 18 heavy (non-hydrogen) atoms. The fraction of sp³-hybridized carbons (Fsp3) is 0.857. The molecule has 0 unspecified atom stereocenters. The van der Waals surface area contributed by atoms with Crippen molar-refractivity contribution < 1.29 is 19.8 Å². The van der Waals surface area contributed by atoms with Crippen LogP contribution >= 0.6 is 0 Å². The lowest BCUT2D eigenvalue weighted by Gasteiger charge is -2.52. The first-order valence-electron chi connectivity index (χ1n) is 6.44. The highest BCUT2D eigenvalue weighted by Gasteiger charge is 2.58. The number of hydrogen-bond donors (Lipinski definition) is 2. The SMILES string of the molecule is C[C@H]1C[C@](C)(C(=O)O)CC[C@]1(C(=O)O)C(C)(C)C. The summed E-state index contributed by atoms with van der Waals surface area (Å²) in [5, 5.41) is 18.9. The van der Waals surface area contributed by atoms with Crippen molar-refractivity contribution in [3.63, 3.8) is 0 Å². The van der Waals surface area contributed by atoms with E-state index in [1.54, 1.807) is 6.92 Å². The van der Waals surface area contributed by atoms with E-state index in [2.05, 4.69) is 0 Å². The minimum absolute atomic E-state index is 0.148. The van der Waals surface area contributed by atoms with Gasteiger partial charge in [0.2, 0.25) is 0 Å². The largest absolute Gasteiger partial charge is 0.481 e. The van der Waals surface area contributed by atoms with E-state index in [0.29, 0.717) is 19.3 Å². The lowest BCUT2D eigenvalue weighted by atomic mass is 9.50. The Kier molecular flexibility index (Phi) is 3.54. The molecule has 0 aromatic heterocycles. The molecule has 0 bridgehead atoms. The van der Waals surface area contributed by atoms with Gasteiger partial charge in [-0.2, -0.15) is 0 Å². The molecule has 0 radical (unpaired) electrons. The Morgan fingerprint density at radius 3 is 1.89 bits per heavy atom. The van der Waals surface area contributed by atoms with Gasteiger partial charge in [-0.1, -0.05) is 27.7 Å². The zero-order valence-electron chi connectivity index (χ0n) is 11.9. The molecular weight excluding hydrogens is 232 g/mol. The van der Waals surface area contributed by atoms with Crippen LogP contribution in [0.4, 0.5) is 0 Å². The standard InChI is InChI=1S/C14H24O4/c1-9-8-13(5,10(15)16)6-7-14(9,11(17)18)12(2,3)4/h9H,6-8H2,1-5H3,(H,15,16)(H,17,18)/t9-,13+,14-/m0/s1. The molecule has 0 amide bonds. The van der Waals surface area contributed by atoms with E-state index in [9.17, 15) is 19.8 Å². The number of carbonyl (C=O) groups is 2. The predicted octanol–water partition coefficient (Wildman–Crippen LogP) is 3.01. The average Bonchev–Trinajstić information content (AvgIpc) is 2.14. The van der Waals surface area contributed by atoms with Crippen LogP contribution in [-0.4, -0.2) is 22.2 Å². The van der Waals surface area contributed by atoms with Gasteiger partial charge in [0.25, 0.3) is 0 Å². The number of carboxylic acid groups (broad SMARTS) is 2. The highest BCUT2D eigenvalue weighted by molar-refractivity contribution is 5.78. The maximum absolute atomic E-state index is 11.8. The van der Waals surface area contributed by atoms with Crippen LogP contribution in [0.5, 0.6) is 0 Å². The fourth-order valence-electron chi connectivity index (χ4n) is 3.62. The van der Waals surface area contributed by atoms with Crippen LogP contribution in [-0.2, 0) is 9.59 Å². The quantitative estimate of drug-likeness (QED) is 0.796. The van der Waals surface area contributed by atoms with Gasteiger partial charge in [0.05, 0.1) is 10.8 Å². The zero-order valence-corrected chi connectivity index (χ0v) is 11.9. The summed E-state index contributed by atoms with van der Waals surface area (Å²) in [5.41, 5.74) is -2.00. The van der Waals surface area contributed by atoms with Crippen LogP contribution in [0.1, 0.15) is 53.9 Å². The lowest BCUT2D eigenvalue weighted by Crippen LogP contribution is -2.53.